The summed E-state index contributed by atoms with van der Waals surface area (Å²) in [4.78, 5) is 12.9. The molecule has 0 aromatic carbocycles. The van der Waals surface area contributed by atoms with Crippen LogP contribution in [-0.2, 0) is 4.79 Å². The minimum Gasteiger partial charge on any atom is -0.481 e. The third kappa shape index (κ3) is 18.8. The fourth-order valence-corrected chi connectivity index (χ4v) is 7.24. The van der Waals surface area contributed by atoms with Crippen molar-refractivity contribution >= 4 is 5.97 Å². The second-order valence-electron chi connectivity index (χ2n) is 14.0. The van der Waals surface area contributed by atoms with Gasteiger partial charge in [0, 0.05) is 0 Å². The van der Waals surface area contributed by atoms with Gasteiger partial charge < -0.3 is 5.11 Å². The highest BCUT2D eigenvalue weighted by molar-refractivity contribution is 5.75. The molecule has 2 nitrogen and oxygen atoms in total. The Morgan fingerprint density at radius 2 is 0.800 bits per heavy atom. The molecular formula is C38H76O2. The maximum atomic E-state index is 12.9. The van der Waals surface area contributed by atoms with E-state index in [0.29, 0.717) is 5.92 Å². The smallest absolute Gasteiger partial charge is 0.310 e. The molecule has 0 amide bonds. The summed E-state index contributed by atoms with van der Waals surface area (Å²) in [6.45, 7) is 13.5. The predicted molar refractivity (Wildman–Crippen MR) is 179 cm³/mol. The quantitative estimate of drug-likeness (QED) is 0.0850. The van der Waals surface area contributed by atoms with E-state index in [-0.39, 0.29) is 11.8 Å². The molecule has 0 heterocycles. The van der Waals surface area contributed by atoms with E-state index in [1.165, 1.54) is 154 Å². The van der Waals surface area contributed by atoms with E-state index in [2.05, 4.69) is 41.5 Å². The molecular weight excluding hydrogens is 488 g/mol. The molecule has 0 aromatic rings. The van der Waals surface area contributed by atoms with Crippen LogP contribution in [0.1, 0.15) is 215 Å². The van der Waals surface area contributed by atoms with E-state index in [1.54, 1.807) is 0 Å². The number of aliphatic carboxylic acids is 1. The topological polar surface area (TPSA) is 37.3 Å². The Labute approximate surface area is 253 Å². The Balaban J connectivity index is 4.33. The fourth-order valence-electron chi connectivity index (χ4n) is 7.24. The number of rotatable bonds is 31. The Hall–Kier alpha value is -0.530. The van der Waals surface area contributed by atoms with Crippen LogP contribution in [0.25, 0.3) is 0 Å². The molecule has 0 spiro atoms. The van der Waals surface area contributed by atoms with E-state index < -0.39 is 11.4 Å². The van der Waals surface area contributed by atoms with Gasteiger partial charge in [0.1, 0.15) is 0 Å². The van der Waals surface area contributed by atoms with Crippen LogP contribution in [0.2, 0.25) is 0 Å². The first-order chi connectivity index (χ1) is 19.3. The number of hydrogen-bond acceptors (Lipinski definition) is 1. The van der Waals surface area contributed by atoms with Crippen LogP contribution >= 0.6 is 0 Å². The first-order valence-electron chi connectivity index (χ1n) is 18.6. The normalized spacial score (nSPS) is 14.2. The van der Waals surface area contributed by atoms with Gasteiger partial charge in [-0.3, -0.25) is 4.79 Å². The highest BCUT2D eigenvalue weighted by Gasteiger charge is 2.48. The van der Waals surface area contributed by atoms with Crippen molar-refractivity contribution in [2.45, 2.75) is 215 Å². The van der Waals surface area contributed by atoms with Crippen molar-refractivity contribution in [1.29, 1.82) is 0 Å². The van der Waals surface area contributed by atoms with Gasteiger partial charge in [0.15, 0.2) is 0 Å². The van der Waals surface area contributed by atoms with Gasteiger partial charge in [-0.05, 0) is 30.6 Å². The maximum Gasteiger partial charge on any atom is 0.310 e. The lowest BCUT2D eigenvalue weighted by atomic mass is 9.60. The zero-order chi connectivity index (χ0) is 29.9. The summed E-state index contributed by atoms with van der Waals surface area (Å²) < 4.78 is 0. The average Bonchev–Trinajstić information content (AvgIpc) is 2.91. The SMILES string of the molecule is CCCCCCCCCCCCCCCC(C(C)C)C(CCCCCCCCCCCCCC)(C(=O)O)C(C)C. The summed E-state index contributed by atoms with van der Waals surface area (Å²) in [5.41, 5.74) is -0.566. The van der Waals surface area contributed by atoms with E-state index >= 15 is 0 Å². The molecule has 0 rings (SSSR count). The van der Waals surface area contributed by atoms with Crippen LogP contribution in [0, 0.1) is 23.2 Å². The van der Waals surface area contributed by atoms with Gasteiger partial charge >= 0.3 is 5.97 Å². The summed E-state index contributed by atoms with van der Waals surface area (Å²) in [5.74, 6) is 0.365. The summed E-state index contributed by atoms with van der Waals surface area (Å²) in [6.07, 6.45) is 35.7. The van der Waals surface area contributed by atoms with Crippen molar-refractivity contribution < 1.29 is 9.90 Å². The molecule has 240 valence electrons. The van der Waals surface area contributed by atoms with E-state index in [4.69, 9.17) is 0 Å². The summed E-state index contributed by atoms with van der Waals surface area (Å²) in [5, 5.41) is 10.6. The lowest BCUT2D eigenvalue weighted by Gasteiger charge is -2.43. The molecule has 2 unspecified atom stereocenters. The molecule has 0 aliphatic carbocycles. The van der Waals surface area contributed by atoms with Crippen LogP contribution in [0.4, 0.5) is 0 Å². The number of carbonyl (C=O) groups is 1. The van der Waals surface area contributed by atoms with Crippen LogP contribution in [0.15, 0.2) is 0 Å². The fraction of sp³-hybridized carbons (Fsp3) is 0.974. The Morgan fingerprint density at radius 3 is 1.07 bits per heavy atom. The zero-order valence-electron chi connectivity index (χ0n) is 28.7. The van der Waals surface area contributed by atoms with Crippen molar-refractivity contribution in [3.05, 3.63) is 0 Å². The lowest BCUT2D eigenvalue weighted by molar-refractivity contribution is -0.159. The predicted octanol–water partition coefficient (Wildman–Crippen LogP) is 13.6. The third-order valence-corrected chi connectivity index (χ3v) is 9.96. The summed E-state index contributed by atoms with van der Waals surface area (Å²) in [6, 6.07) is 0. The second kappa shape index (κ2) is 27.3. The van der Waals surface area contributed by atoms with Gasteiger partial charge in [0.2, 0.25) is 0 Å². The van der Waals surface area contributed by atoms with Crippen molar-refractivity contribution in [3.8, 4) is 0 Å². The molecule has 0 bridgehead atoms. The standard InChI is InChI=1S/C38H76O2/c1-7-9-11-13-15-17-19-21-22-24-26-28-30-32-36(34(3)4)38(35(5)6,37(39)40)33-31-29-27-25-23-20-18-16-14-12-10-8-2/h34-36H,7-33H2,1-6H3,(H,39,40). The van der Waals surface area contributed by atoms with Crippen LogP contribution in [-0.4, -0.2) is 11.1 Å². The first-order valence-corrected chi connectivity index (χ1v) is 18.6. The molecule has 0 aliphatic heterocycles. The molecule has 0 aromatic heterocycles. The number of hydrogen-bond donors (Lipinski definition) is 1. The van der Waals surface area contributed by atoms with E-state index in [9.17, 15) is 9.90 Å². The minimum atomic E-state index is -0.566. The molecule has 0 aliphatic rings. The molecule has 2 atom stereocenters. The highest BCUT2D eigenvalue weighted by Crippen LogP contribution is 2.47. The molecule has 0 radical (unpaired) electrons. The van der Waals surface area contributed by atoms with Gasteiger partial charge in [-0.25, -0.2) is 0 Å². The van der Waals surface area contributed by atoms with Gasteiger partial charge in [0.05, 0.1) is 5.41 Å². The third-order valence-electron chi connectivity index (χ3n) is 9.96. The molecule has 0 saturated heterocycles. The van der Waals surface area contributed by atoms with Crippen molar-refractivity contribution in [2.24, 2.45) is 23.2 Å². The van der Waals surface area contributed by atoms with Crippen LogP contribution in [0.5, 0.6) is 0 Å². The second-order valence-corrected chi connectivity index (χ2v) is 14.0. The average molecular weight is 565 g/mol. The molecule has 0 fully saturated rings. The van der Waals surface area contributed by atoms with Crippen molar-refractivity contribution in [1.82, 2.24) is 0 Å². The molecule has 1 N–H and O–H groups in total. The largest absolute Gasteiger partial charge is 0.481 e. The summed E-state index contributed by atoms with van der Waals surface area (Å²) >= 11 is 0. The van der Waals surface area contributed by atoms with Crippen molar-refractivity contribution in [2.75, 3.05) is 0 Å². The Kier molecular flexibility index (Phi) is 27.0. The lowest BCUT2D eigenvalue weighted by Crippen LogP contribution is -2.45. The first kappa shape index (κ1) is 39.5. The number of carboxylic acids is 1. The zero-order valence-corrected chi connectivity index (χ0v) is 28.7. The maximum absolute atomic E-state index is 12.9. The number of unbranched alkanes of at least 4 members (excludes halogenated alkanes) is 23. The van der Waals surface area contributed by atoms with Gasteiger partial charge in [0.25, 0.3) is 0 Å². The molecule has 0 saturated carbocycles. The van der Waals surface area contributed by atoms with Gasteiger partial charge in [-0.1, -0.05) is 202 Å². The Bertz CT molecular complexity index is 540. The monoisotopic (exact) mass is 565 g/mol. The highest BCUT2D eigenvalue weighted by atomic mass is 16.4. The molecule has 2 heteroatoms. The van der Waals surface area contributed by atoms with E-state index in [1.807, 2.05) is 0 Å². The van der Waals surface area contributed by atoms with Crippen LogP contribution in [0.3, 0.4) is 0 Å². The van der Waals surface area contributed by atoms with Crippen LogP contribution < -0.4 is 0 Å². The minimum absolute atomic E-state index is 0.187. The molecule has 40 heavy (non-hydrogen) atoms. The Morgan fingerprint density at radius 1 is 0.500 bits per heavy atom. The van der Waals surface area contributed by atoms with Gasteiger partial charge in [-0.15, -0.1) is 0 Å². The van der Waals surface area contributed by atoms with Gasteiger partial charge in [-0.2, -0.15) is 0 Å². The summed E-state index contributed by atoms with van der Waals surface area (Å²) in [7, 11) is 0. The van der Waals surface area contributed by atoms with E-state index in [0.717, 1.165) is 19.3 Å². The number of carboxylic acid groups (broad SMARTS) is 1. The van der Waals surface area contributed by atoms with Crippen molar-refractivity contribution in [3.63, 3.8) is 0 Å².